The minimum atomic E-state index is -3.71. The maximum Gasteiger partial charge on any atom is 0.179 e. The third kappa shape index (κ3) is 6.32. The van der Waals surface area contributed by atoms with E-state index in [0.717, 1.165) is 75.7 Å². The number of para-hydroxylation sites is 7. The third-order valence-corrected chi connectivity index (χ3v) is 20.5. The molecule has 4 aromatic heterocycles. The molecule has 0 saturated heterocycles. The van der Waals surface area contributed by atoms with E-state index in [0.29, 0.717) is 11.4 Å². The van der Waals surface area contributed by atoms with Gasteiger partial charge in [0.2, 0.25) is 0 Å². The zero-order valence-electron chi connectivity index (χ0n) is 51.2. The number of nitrogens with zero attached hydrogens (tertiary/aromatic N) is 4. The van der Waals surface area contributed by atoms with Crippen LogP contribution in [0.2, 0.25) is 0 Å². The molecule has 0 aliphatic carbocycles. The van der Waals surface area contributed by atoms with Crippen LogP contribution in [0.4, 0.5) is 0 Å². The van der Waals surface area contributed by atoms with Crippen molar-refractivity contribution in [2.45, 2.75) is 0 Å². The number of rotatable bonds is 8. The fourth-order valence-corrected chi connectivity index (χ4v) is 17.4. The minimum absolute atomic E-state index is 0.0235. The lowest BCUT2D eigenvalue weighted by Gasteiger charge is -2.35. The van der Waals surface area contributed by atoms with E-state index in [9.17, 15) is 9.60 Å². The predicted molar refractivity (Wildman–Crippen MR) is 327 cm³/mol. The lowest BCUT2D eigenvalue weighted by molar-refractivity contribution is 1.17. The summed E-state index contributed by atoms with van der Waals surface area (Å²) < 4.78 is 103. The molecule has 77 heavy (non-hydrogen) atoms. The van der Waals surface area contributed by atoms with Gasteiger partial charge in [0.05, 0.1) is 57.8 Å². The summed E-state index contributed by atoms with van der Waals surface area (Å²) in [7, 11) is -3.71. The van der Waals surface area contributed by atoms with Crippen LogP contribution in [0.1, 0.15) is 13.7 Å². The summed E-state index contributed by atoms with van der Waals surface area (Å²) in [5.41, 5.74) is 7.74. The molecule has 0 aliphatic rings. The average molecular weight is 1010 g/mol. The van der Waals surface area contributed by atoms with E-state index in [1.807, 2.05) is 36.4 Å². The summed E-state index contributed by atoms with van der Waals surface area (Å²) in [6.07, 6.45) is 0. The molecule has 0 fully saturated rings. The third-order valence-electron chi connectivity index (χ3n) is 15.7. The molecule has 16 aromatic rings. The molecule has 16 rings (SSSR count). The standard InChI is InChI=1S/C72H48N4Si/c1-5-22-49(23-6-1)73-64-36-17-14-33-58(64)62-47-55(40-43-68(62)73)77(53-29-11-4-12-30-53,56-41-44-69-63(48-56)59-34-15-18-37-65(59)74(69)50-24-7-2-8-25-50)54-31-21-28-52(46-54)76-66-38-19-13-32-57(66)60-42-45-70-71(72(60)76)61-35-16-20-39-67(61)75(70)51-26-9-3-10-27-51/h1-48H/i13D,16D,19D,20D,32D,35D,38D,39D,42D,45D. The summed E-state index contributed by atoms with van der Waals surface area (Å²) >= 11 is 0. The molecule has 5 heteroatoms. The summed E-state index contributed by atoms with van der Waals surface area (Å²) in [4.78, 5) is 0. The van der Waals surface area contributed by atoms with Gasteiger partial charge >= 0.3 is 0 Å². The van der Waals surface area contributed by atoms with Crippen molar-refractivity contribution in [3.8, 4) is 22.7 Å². The zero-order valence-corrected chi connectivity index (χ0v) is 42.2. The van der Waals surface area contributed by atoms with Gasteiger partial charge in [-0.2, -0.15) is 0 Å². The van der Waals surface area contributed by atoms with Gasteiger partial charge in [0.25, 0.3) is 0 Å². The first-order valence-corrected chi connectivity index (χ1v) is 27.8. The molecular formula is C72H48N4Si. The van der Waals surface area contributed by atoms with Crippen molar-refractivity contribution in [1.29, 1.82) is 0 Å². The van der Waals surface area contributed by atoms with Crippen molar-refractivity contribution in [1.82, 2.24) is 18.3 Å². The normalized spacial score (nSPS) is 14.0. The second-order valence-electron chi connectivity index (χ2n) is 19.7. The highest BCUT2D eigenvalue weighted by Crippen LogP contribution is 2.42. The summed E-state index contributed by atoms with van der Waals surface area (Å²) in [5.74, 6) is 0. The highest BCUT2D eigenvalue weighted by atomic mass is 28.3. The molecule has 0 spiro atoms. The van der Waals surface area contributed by atoms with E-state index >= 15 is 0 Å². The van der Waals surface area contributed by atoms with Crippen molar-refractivity contribution in [2.24, 2.45) is 0 Å². The van der Waals surface area contributed by atoms with Crippen molar-refractivity contribution >= 4 is 116 Å². The molecule has 0 bridgehead atoms. The SMILES string of the molecule is [2H]c1c([2H])c([2H])c2c(c1[2H])c1c(c([2H])c([2H])c3c4c([2H])c([2H])c([2H])c([2H])c4n(-c4cccc([Si](c5ccccc5)(c5ccc6c(c5)c5ccccc5n6-c5ccccc5)c5ccc6c(c5)c5ccccc5n6-c5ccccc5)c4)c31)n2-c1ccccc1. The lowest BCUT2D eigenvalue weighted by atomic mass is 10.1. The Balaban J connectivity index is 1.09. The molecule has 0 atom stereocenters. The second-order valence-corrected chi connectivity index (χ2v) is 23.5. The first-order valence-electron chi connectivity index (χ1n) is 30.8. The summed E-state index contributed by atoms with van der Waals surface area (Å²) in [5, 5.41) is 8.81. The van der Waals surface area contributed by atoms with Crippen LogP contribution in [0, 0.1) is 0 Å². The van der Waals surface area contributed by atoms with Gasteiger partial charge in [-0.15, -0.1) is 0 Å². The topological polar surface area (TPSA) is 19.7 Å². The molecule has 0 unspecified atom stereocenters. The maximum atomic E-state index is 10.1. The predicted octanol–water partition coefficient (Wildman–Crippen LogP) is 15.5. The van der Waals surface area contributed by atoms with Crippen molar-refractivity contribution in [3.05, 3.63) is 291 Å². The van der Waals surface area contributed by atoms with Crippen molar-refractivity contribution in [2.75, 3.05) is 0 Å². The molecule has 0 aliphatic heterocycles. The maximum absolute atomic E-state index is 10.1. The van der Waals surface area contributed by atoms with Gasteiger partial charge in [-0.05, 0) is 112 Å². The Bertz CT molecular complexity index is 5430. The molecule has 0 saturated carbocycles. The number of aromatic nitrogens is 4. The van der Waals surface area contributed by atoms with E-state index in [4.69, 9.17) is 4.11 Å². The van der Waals surface area contributed by atoms with Gasteiger partial charge in [-0.25, -0.2) is 0 Å². The molecular weight excluding hydrogens is 949 g/mol. The Morgan fingerprint density at radius 2 is 0.675 bits per heavy atom. The van der Waals surface area contributed by atoms with Crippen LogP contribution >= 0.6 is 0 Å². The lowest BCUT2D eigenvalue weighted by Crippen LogP contribution is -2.74. The first-order chi connectivity index (χ1) is 42.4. The van der Waals surface area contributed by atoms with E-state index in [1.165, 1.54) is 0 Å². The van der Waals surface area contributed by atoms with Gasteiger partial charge in [0.15, 0.2) is 8.07 Å². The van der Waals surface area contributed by atoms with Crippen LogP contribution < -0.4 is 20.7 Å². The number of hydrogen-bond donors (Lipinski definition) is 0. The Hall–Kier alpha value is -9.94. The van der Waals surface area contributed by atoms with E-state index in [1.54, 1.807) is 33.4 Å². The Kier molecular flexibility index (Phi) is 7.64. The highest BCUT2D eigenvalue weighted by Gasteiger charge is 2.43. The summed E-state index contributed by atoms with van der Waals surface area (Å²) in [6, 6.07) is 75.3. The van der Waals surface area contributed by atoms with Crippen LogP contribution in [0.3, 0.4) is 0 Å². The summed E-state index contributed by atoms with van der Waals surface area (Å²) in [6.45, 7) is 0. The largest absolute Gasteiger partial charge is 0.309 e. The Morgan fingerprint density at radius 1 is 0.247 bits per heavy atom. The minimum Gasteiger partial charge on any atom is -0.309 e. The first kappa shape index (κ1) is 34.5. The quantitative estimate of drug-likeness (QED) is 0.107. The van der Waals surface area contributed by atoms with Crippen molar-refractivity contribution < 1.29 is 13.7 Å². The number of hydrogen-bond acceptors (Lipinski definition) is 0. The van der Waals surface area contributed by atoms with Crippen molar-refractivity contribution in [3.63, 3.8) is 0 Å². The molecule has 12 aromatic carbocycles. The Labute approximate surface area is 459 Å². The Morgan fingerprint density at radius 3 is 1.25 bits per heavy atom. The molecule has 0 amide bonds. The van der Waals surface area contributed by atoms with Crippen LogP contribution in [0.5, 0.6) is 0 Å². The highest BCUT2D eigenvalue weighted by molar-refractivity contribution is 7.20. The van der Waals surface area contributed by atoms with Gasteiger partial charge < -0.3 is 18.3 Å². The van der Waals surface area contributed by atoms with Crippen LogP contribution in [0.25, 0.3) is 110 Å². The van der Waals surface area contributed by atoms with Crippen LogP contribution in [-0.4, -0.2) is 26.3 Å². The second kappa shape index (κ2) is 17.0. The van der Waals surface area contributed by atoms with Gasteiger partial charge in [0.1, 0.15) is 0 Å². The van der Waals surface area contributed by atoms with E-state index < -0.39 is 38.3 Å². The van der Waals surface area contributed by atoms with Gasteiger partial charge in [-0.1, -0.05) is 200 Å². The monoisotopic (exact) mass is 1010 g/mol. The average Bonchev–Trinajstić information content (AvgIpc) is 1.60. The fourth-order valence-electron chi connectivity index (χ4n) is 12.6. The van der Waals surface area contributed by atoms with Crippen LogP contribution in [-0.2, 0) is 0 Å². The number of fused-ring (bicyclic) bond motifs is 13. The molecule has 360 valence electrons. The molecule has 0 N–H and O–H groups in total. The van der Waals surface area contributed by atoms with E-state index in [2.05, 4.69) is 179 Å². The number of benzene rings is 12. The van der Waals surface area contributed by atoms with E-state index in [-0.39, 0.29) is 73.8 Å². The van der Waals surface area contributed by atoms with Gasteiger partial charge in [-0.3, -0.25) is 0 Å². The molecule has 0 radical (unpaired) electrons. The zero-order chi connectivity index (χ0) is 59.3. The smallest absolute Gasteiger partial charge is 0.179 e. The van der Waals surface area contributed by atoms with Crippen LogP contribution in [0.15, 0.2) is 291 Å². The molecule has 4 heterocycles. The van der Waals surface area contributed by atoms with Gasteiger partial charge in [0, 0.05) is 65.8 Å². The fraction of sp³-hybridized carbons (Fsp3) is 0. The molecule has 4 nitrogen and oxygen atoms in total.